The van der Waals surface area contributed by atoms with Crippen molar-refractivity contribution in [2.24, 2.45) is 0 Å². The molecule has 0 unspecified atom stereocenters. The van der Waals surface area contributed by atoms with Crippen LogP contribution in [0.4, 0.5) is 0 Å². The van der Waals surface area contributed by atoms with E-state index in [2.05, 4.69) is 17.9 Å². The fourth-order valence-corrected chi connectivity index (χ4v) is 0.646. The van der Waals surface area contributed by atoms with Crippen LogP contribution in [-0.2, 0) is 9.59 Å². The van der Waals surface area contributed by atoms with Gasteiger partial charge in [-0.25, -0.2) is 0 Å². The Morgan fingerprint density at radius 2 is 2.00 bits per heavy atom. The van der Waals surface area contributed by atoms with Gasteiger partial charge in [0, 0.05) is 38.5 Å². The number of amides is 2. The molecule has 1 N–H and O–H groups in total. The summed E-state index contributed by atoms with van der Waals surface area (Å²) in [5, 5.41) is 2.55. The quantitative estimate of drug-likeness (QED) is 0.485. The van der Waals surface area contributed by atoms with Crippen molar-refractivity contribution < 1.29 is 9.59 Å². The molecule has 0 aromatic rings. The fraction of sp³-hybridized carbons (Fsp3) is 0.500. The molecule has 0 heterocycles. The van der Waals surface area contributed by atoms with Crippen molar-refractivity contribution in [3.8, 4) is 0 Å². The number of rotatable bonds is 4. The summed E-state index contributed by atoms with van der Waals surface area (Å²) in [4.78, 5) is 23.3. The van der Waals surface area contributed by atoms with E-state index in [4.69, 9.17) is 0 Å². The molecule has 5 heteroatoms. The number of carbonyl (C=O) groups excluding carboxylic acids is 2. The summed E-state index contributed by atoms with van der Waals surface area (Å²) < 4.78 is 0. The van der Waals surface area contributed by atoms with E-state index in [0.29, 0.717) is 12.3 Å². The first-order valence-electron chi connectivity index (χ1n) is 3.86. The average Bonchev–Trinajstić information content (AvgIpc) is 2.10. The van der Waals surface area contributed by atoms with E-state index in [-0.39, 0.29) is 11.8 Å². The first-order chi connectivity index (χ1) is 6.07. The maximum absolute atomic E-state index is 11.0. The molecule has 0 rings (SSSR count). The number of nitrogens with one attached hydrogen (secondary N) is 1. The second-order valence-electron chi connectivity index (χ2n) is 2.58. The molecule has 0 fully saturated rings. The number of hydrogen-bond acceptors (Lipinski definition) is 3. The van der Waals surface area contributed by atoms with Crippen molar-refractivity contribution in [3.63, 3.8) is 0 Å². The van der Waals surface area contributed by atoms with Crippen LogP contribution >= 0.6 is 12.6 Å². The highest BCUT2D eigenvalue weighted by Gasteiger charge is 1.98. The molecule has 0 saturated carbocycles. The largest absolute Gasteiger partial charge is 0.352 e. The second kappa shape index (κ2) is 6.54. The van der Waals surface area contributed by atoms with E-state index in [9.17, 15) is 9.59 Å². The number of hydrogen-bond donors (Lipinski definition) is 2. The van der Waals surface area contributed by atoms with Gasteiger partial charge in [-0.15, -0.1) is 0 Å². The summed E-state index contributed by atoms with van der Waals surface area (Å²) in [5.74, 6) is 0.103. The molecule has 0 atom stereocenters. The minimum Gasteiger partial charge on any atom is -0.352 e. The zero-order valence-electron chi connectivity index (χ0n) is 7.78. The van der Waals surface area contributed by atoms with Gasteiger partial charge in [0.1, 0.15) is 0 Å². The van der Waals surface area contributed by atoms with Crippen molar-refractivity contribution in [2.45, 2.75) is 0 Å². The molecule has 0 aromatic carbocycles. The van der Waals surface area contributed by atoms with Crippen LogP contribution in [0.25, 0.3) is 0 Å². The minimum atomic E-state index is -0.274. The first kappa shape index (κ1) is 12.0. The number of carbonyl (C=O) groups is 2. The predicted molar refractivity (Wildman–Crippen MR) is 54.7 cm³/mol. The topological polar surface area (TPSA) is 49.4 Å². The molecule has 0 aliphatic carbocycles. The van der Waals surface area contributed by atoms with Crippen LogP contribution < -0.4 is 5.32 Å². The van der Waals surface area contributed by atoms with Gasteiger partial charge in [-0.05, 0) is 0 Å². The zero-order valence-corrected chi connectivity index (χ0v) is 8.67. The molecule has 0 aromatic heterocycles. The van der Waals surface area contributed by atoms with E-state index >= 15 is 0 Å². The van der Waals surface area contributed by atoms with E-state index in [0.717, 1.165) is 0 Å². The monoisotopic (exact) mass is 202 g/mol. The van der Waals surface area contributed by atoms with E-state index in [1.807, 2.05) is 0 Å². The minimum absolute atomic E-state index is 0.207. The lowest BCUT2D eigenvalue weighted by Gasteiger charge is -2.04. The third kappa shape index (κ3) is 6.21. The Morgan fingerprint density at radius 3 is 2.46 bits per heavy atom. The lowest BCUT2D eigenvalue weighted by molar-refractivity contribution is -0.124. The van der Waals surface area contributed by atoms with E-state index in [1.54, 1.807) is 14.1 Å². The van der Waals surface area contributed by atoms with Crippen LogP contribution in [0.5, 0.6) is 0 Å². The van der Waals surface area contributed by atoms with Gasteiger partial charge in [-0.3, -0.25) is 9.59 Å². The van der Waals surface area contributed by atoms with Crippen LogP contribution in [0.1, 0.15) is 0 Å². The molecule has 2 amide bonds. The molecular weight excluding hydrogens is 188 g/mol. The maximum atomic E-state index is 11.0. The molecule has 0 aliphatic rings. The van der Waals surface area contributed by atoms with Gasteiger partial charge in [-0.2, -0.15) is 12.6 Å². The van der Waals surface area contributed by atoms with Gasteiger partial charge in [0.2, 0.25) is 11.8 Å². The first-order valence-corrected chi connectivity index (χ1v) is 4.49. The molecule has 13 heavy (non-hydrogen) atoms. The Hall–Kier alpha value is -0.970. The molecule has 0 bridgehead atoms. The second-order valence-corrected chi connectivity index (χ2v) is 3.03. The van der Waals surface area contributed by atoms with Crippen LogP contribution in [-0.4, -0.2) is 43.1 Å². The van der Waals surface area contributed by atoms with E-state index < -0.39 is 0 Å². The van der Waals surface area contributed by atoms with Gasteiger partial charge in [0.15, 0.2) is 0 Å². The SMILES string of the molecule is CN(C)C(=O)/C=C/C(=O)NCCS. The molecule has 0 aliphatic heterocycles. The summed E-state index contributed by atoms with van der Waals surface area (Å²) in [6.45, 7) is 0.502. The standard InChI is InChI=1S/C8H14N2O2S/c1-10(2)8(12)4-3-7(11)9-5-6-13/h3-4,13H,5-6H2,1-2H3,(H,9,11)/b4-3+. The van der Waals surface area contributed by atoms with Gasteiger partial charge in [0.25, 0.3) is 0 Å². The molecule has 0 radical (unpaired) electrons. The Bertz CT molecular complexity index is 214. The van der Waals surface area contributed by atoms with Gasteiger partial charge in [-0.1, -0.05) is 0 Å². The normalized spacial score (nSPS) is 10.1. The molecule has 4 nitrogen and oxygen atoms in total. The molecule has 0 spiro atoms. The summed E-state index contributed by atoms with van der Waals surface area (Å²) in [7, 11) is 3.25. The number of thiol groups is 1. The van der Waals surface area contributed by atoms with Crippen molar-refractivity contribution in [2.75, 3.05) is 26.4 Å². The van der Waals surface area contributed by atoms with Crippen LogP contribution in [0.15, 0.2) is 12.2 Å². The van der Waals surface area contributed by atoms with Crippen LogP contribution in [0.2, 0.25) is 0 Å². The number of nitrogens with zero attached hydrogens (tertiary/aromatic N) is 1. The Kier molecular flexibility index (Phi) is 6.05. The highest BCUT2D eigenvalue weighted by atomic mass is 32.1. The van der Waals surface area contributed by atoms with Crippen molar-refractivity contribution >= 4 is 24.4 Å². The fourth-order valence-electron chi connectivity index (χ4n) is 0.534. The average molecular weight is 202 g/mol. The lowest BCUT2D eigenvalue weighted by Crippen LogP contribution is -2.24. The van der Waals surface area contributed by atoms with Crippen LogP contribution in [0.3, 0.4) is 0 Å². The highest BCUT2D eigenvalue weighted by Crippen LogP contribution is 1.82. The van der Waals surface area contributed by atoms with Gasteiger partial charge < -0.3 is 10.2 Å². The zero-order chi connectivity index (χ0) is 10.3. The Labute approximate surface area is 83.4 Å². The lowest BCUT2D eigenvalue weighted by atomic mass is 10.4. The van der Waals surface area contributed by atoms with Gasteiger partial charge in [0.05, 0.1) is 0 Å². The third-order valence-electron chi connectivity index (χ3n) is 1.23. The van der Waals surface area contributed by atoms with E-state index in [1.165, 1.54) is 17.1 Å². The number of likely N-dealkylation sites (N-methyl/N-ethyl adjacent to an activating group) is 1. The third-order valence-corrected chi connectivity index (χ3v) is 1.45. The van der Waals surface area contributed by atoms with Crippen molar-refractivity contribution in [1.29, 1.82) is 0 Å². The van der Waals surface area contributed by atoms with Crippen molar-refractivity contribution in [3.05, 3.63) is 12.2 Å². The molecule has 74 valence electrons. The highest BCUT2D eigenvalue weighted by molar-refractivity contribution is 7.80. The Balaban J connectivity index is 3.83. The predicted octanol–water partition coefficient (Wildman–Crippen LogP) is -0.323. The molecule has 0 saturated heterocycles. The van der Waals surface area contributed by atoms with Crippen LogP contribution in [0, 0.1) is 0 Å². The summed E-state index contributed by atoms with van der Waals surface area (Å²) >= 11 is 3.92. The van der Waals surface area contributed by atoms with Gasteiger partial charge >= 0.3 is 0 Å². The molecular formula is C8H14N2O2S. The maximum Gasteiger partial charge on any atom is 0.246 e. The van der Waals surface area contributed by atoms with Crippen molar-refractivity contribution in [1.82, 2.24) is 10.2 Å². The summed E-state index contributed by atoms with van der Waals surface area (Å²) in [6, 6.07) is 0. The summed E-state index contributed by atoms with van der Waals surface area (Å²) in [6.07, 6.45) is 2.44. The Morgan fingerprint density at radius 1 is 1.38 bits per heavy atom. The summed E-state index contributed by atoms with van der Waals surface area (Å²) in [5.41, 5.74) is 0. The smallest absolute Gasteiger partial charge is 0.246 e.